The Labute approximate surface area is 133 Å². The first-order valence-corrected chi connectivity index (χ1v) is 9.04. The number of thiophene rings is 1. The third kappa shape index (κ3) is 4.38. The molecule has 0 atom stereocenters. The van der Waals surface area contributed by atoms with Crippen molar-refractivity contribution in [2.75, 3.05) is 26.0 Å². The van der Waals surface area contributed by atoms with E-state index in [9.17, 15) is 9.59 Å². The Morgan fingerprint density at radius 2 is 2.14 bits per heavy atom. The zero-order valence-corrected chi connectivity index (χ0v) is 13.9. The van der Waals surface area contributed by atoms with E-state index in [1.807, 2.05) is 18.4 Å². The Morgan fingerprint density at radius 3 is 2.71 bits per heavy atom. The highest BCUT2D eigenvalue weighted by Crippen LogP contribution is 2.25. The van der Waals surface area contributed by atoms with Crippen LogP contribution in [0, 0.1) is 0 Å². The Morgan fingerprint density at radius 1 is 1.43 bits per heavy atom. The number of carbonyl (C=O) groups is 2. The fraction of sp³-hybridized carbons (Fsp3) is 0.571. The van der Waals surface area contributed by atoms with Gasteiger partial charge in [0, 0.05) is 19.1 Å². The van der Waals surface area contributed by atoms with Crippen molar-refractivity contribution >= 4 is 35.1 Å². The molecule has 21 heavy (non-hydrogen) atoms. The van der Waals surface area contributed by atoms with Crippen molar-refractivity contribution in [1.29, 1.82) is 0 Å². The maximum atomic E-state index is 12.1. The van der Waals surface area contributed by atoms with Crippen LogP contribution in [0.3, 0.4) is 0 Å². The van der Waals surface area contributed by atoms with E-state index in [4.69, 9.17) is 4.74 Å². The summed E-state index contributed by atoms with van der Waals surface area (Å²) in [6.45, 7) is 3.45. The molecule has 5 nitrogen and oxygen atoms in total. The van der Waals surface area contributed by atoms with Crippen LogP contribution < -0.4 is 5.32 Å². The maximum Gasteiger partial charge on any atom is 0.409 e. The van der Waals surface area contributed by atoms with Gasteiger partial charge in [0.15, 0.2) is 0 Å². The zero-order valence-electron chi connectivity index (χ0n) is 12.3. The van der Waals surface area contributed by atoms with E-state index >= 15 is 0 Å². The van der Waals surface area contributed by atoms with Gasteiger partial charge in [0.1, 0.15) is 0 Å². The van der Waals surface area contributed by atoms with Crippen LogP contribution in [0.25, 0.3) is 0 Å². The molecule has 0 spiro atoms. The summed E-state index contributed by atoms with van der Waals surface area (Å²) < 4.78 is 6.12. The summed E-state index contributed by atoms with van der Waals surface area (Å²) in [5.74, 6) is -0.0186. The molecule has 1 aromatic rings. The smallest absolute Gasteiger partial charge is 0.409 e. The highest BCUT2D eigenvalue weighted by Gasteiger charge is 2.25. The van der Waals surface area contributed by atoms with Gasteiger partial charge in [-0.15, -0.1) is 23.1 Å². The topological polar surface area (TPSA) is 58.6 Å². The van der Waals surface area contributed by atoms with Crippen LogP contribution in [-0.4, -0.2) is 48.9 Å². The van der Waals surface area contributed by atoms with E-state index in [0.717, 1.165) is 21.9 Å². The molecule has 1 aliphatic heterocycles. The third-order valence-electron chi connectivity index (χ3n) is 3.36. The average Bonchev–Trinajstić information content (AvgIpc) is 2.97. The summed E-state index contributed by atoms with van der Waals surface area (Å²) in [5.41, 5.74) is 0. The monoisotopic (exact) mass is 328 g/mol. The Hall–Kier alpha value is -1.21. The number of ether oxygens (including phenoxy) is 1. The van der Waals surface area contributed by atoms with E-state index in [2.05, 4.69) is 5.32 Å². The molecule has 116 valence electrons. The van der Waals surface area contributed by atoms with Gasteiger partial charge < -0.3 is 15.0 Å². The van der Waals surface area contributed by atoms with Gasteiger partial charge in [-0.25, -0.2) is 4.79 Å². The second-order valence-electron chi connectivity index (χ2n) is 4.76. The van der Waals surface area contributed by atoms with Gasteiger partial charge in [0.05, 0.1) is 15.7 Å². The van der Waals surface area contributed by atoms with Gasteiger partial charge in [-0.1, -0.05) is 0 Å². The molecule has 1 aromatic heterocycles. The number of carbonyl (C=O) groups excluding carboxylic acids is 2. The lowest BCUT2D eigenvalue weighted by atomic mass is 10.1. The Kier molecular flexibility index (Phi) is 5.93. The van der Waals surface area contributed by atoms with Gasteiger partial charge in [0.25, 0.3) is 5.91 Å². The molecule has 0 aliphatic carbocycles. The number of nitrogens with zero attached hydrogens (tertiary/aromatic N) is 1. The minimum absolute atomic E-state index is 0.0186. The van der Waals surface area contributed by atoms with Crippen LogP contribution in [-0.2, 0) is 4.74 Å². The number of nitrogens with one attached hydrogen (secondary N) is 1. The van der Waals surface area contributed by atoms with E-state index in [0.29, 0.717) is 19.7 Å². The predicted octanol–water partition coefficient (Wildman–Crippen LogP) is 2.82. The van der Waals surface area contributed by atoms with Crippen LogP contribution in [0.2, 0.25) is 0 Å². The lowest BCUT2D eigenvalue weighted by Crippen LogP contribution is -2.46. The first kappa shape index (κ1) is 16.2. The molecule has 0 saturated carbocycles. The highest BCUT2D eigenvalue weighted by atomic mass is 32.2. The molecule has 0 bridgehead atoms. The standard InChI is InChI=1S/C14H20N2O3S2/c1-3-19-14(18)16-8-6-10(7-9-16)15-13(17)11-4-5-12(20-2)21-11/h4-5,10H,3,6-9H2,1-2H3,(H,15,17). The van der Waals surface area contributed by atoms with Gasteiger partial charge in [-0.2, -0.15) is 0 Å². The summed E-state index contributed by atoms with van der Waals surface area (Å²) in [6.07, 6.45) is 3.28. The lowest BCUT2D eigenvalue weighted by molar-refractivity contribution is 0.0863. The van der Waals surface area contributed by atoms with Crippen LogP contribution >= 0.6 is 23.1 Å². The molecule has 0 radical (unpaired) electrons. The molecule has 0 aromatic carbocycles. The van der Waals surface area contributed by atoms with Crippen molar-refractivity contribution in [2.24, 2.45) is 0 Å². The molecular weight excluding hydrogens is 308 g/mol. The number of hydrogen-bond donors (Lipinski definition) is 1. The highest BCUT2D eigenvalue weighted by molar-refractivity contribution is 8.00. The molecule has 1 fully saturated rings. The third-order valence-corrected chi connectivity index (χ3v) is 5.53. The molecule has 2 amide bonds. The SMILES string of the molecule is CCOC(=O)N1CCC(NC(=O)c2ccc(SC)s2)CC1. The number of amides is 2. The predicted molar refractivity (Wildman–Crippen MR) is 85.2 cm³/mol. The molecule has 1 N–H and O–H groups in total. The van der Waals surface area contributed by atoms with Crippen molar-refractivity contribution in [1.82, 2.24) is 10.2 Å². The number of rotatable bonds is 4. The second kappa shape index (κ2) is 7.70. The van der Waals surface area contributed by atoms with Gasteiger partial charge in [-0.3, -0.25) is 4.79 Å². The number of thioether (sulfide) groups is 1. The van der Waals surface area contributed by atoms with Crippen molar-refractivity contribution in [2.45, 2.75) is 30.0 Å². The van der Waals surface area contributed by atoms with E-state index in [1.54, 1.807) is 23.6 Å². The van der Waals surface area contributed by atoms with Crippen molar-refractivity contribution < 1.29 is 14.3 Å². The summed E-state index contributed by atoms with van der Waals surface area (Å²) >= 11 is 3.15. The fourth-order valence-electron chi connectivity index (χ4n) is 2.23. The van der Waals surface area contributed by atoms with Crippen LogP contribution in [0.1, 0.15) is 29.4 Å². The number of hydrogen-bond acceptors (Lipinski definition) is 5. The minimum atomic E-state index is -0.259. The molecule has 2 rings (SSSR count). The van der Waals surface area contributed by atoms with Gasteiger partial charge in [0.2, 0.25) is 0 Å². The van der Waals surface area contributed by atoms with Crippen molar-refractivity contribution in [3.63, 3.8) is 0 Å². The van der Waals surface area contributed by atoms with E-state index in [1.165, 1.54) is 11.3 Å². The molecule has 1 saturated heterocycles. The second-order valence-corrected chi connectivity index (χ2v) is 6.95. The summed E-state index contributed by atoms with van der Waals surface area (Å²) in [6, 6.07) is 3.95. The molecule has 7 heteroatoms. The van der Waals surface area contributed by atoms with Crippen molar-refractivity contribution in [3.8, 4) is 0 Å². The van der Waals surface area contributed by atoms with Gasteiger partial charge in [-0.05, 0) is 38.2 Å². The molecule has 2 heterocycles. The Bertz CT molecular complexity index is 496. The van der Waals surface area contributed by atoms with Gasteiger partial charge >= 0.3 is 6.09 Å². The minimum Gasteiger partial charge on any atom is -0.450 e. The lowest BCUT2D eigenvalue weighted by Gasteiger charge is -2.31. The van der Waals surface area contributed by atoms with Crippen LogP contribution in [0.5, 0.6) is 0 Å². The number of piperidine rings is 1. The molecule has 1 aliphatic rings. The van der Waals surface area contributed by atoms with Crippen LogP contribution in [0.4, 0.5) is 4.79 Å². The quantitative estimate of drug-likeness (QED) is 0.864. The fourth-order valence-corrected chi connectivity index (χ4v) is 3.68. The largest absolute Gasteiger partial charge is 0.450 e. The normalized spacial score (nSPS) is 15.8. The molecule has 0 unspecified atom stereocenters. The Balaban J connectivity index is 1.80. The summed E-state index contributed by atoms with van der Waals surface area (Å²) in [7, 11) is 0. The average molecular weight is 328 g/mol. The zero-order chi connectivity index (χ0) is 15.2. The summed E-state index contributed by atoms with van der Waals surface area (Å²) in [4.78, 5) is 26.2. The first-order valence-electron chi connectivity index (χ1n) is 7.00. The van der Waals surface area contributed by atoms with Crippen LogP contribution in [0.15, 0.2) is 16.3 Å². The van der Waals surface area contributed by atoms with Crippen molar-refractivity contribution in [3.05, 3.63) is 17.0 Å². The number of likely N-dealkylation sites (tertiary alicyclic amines) is 1. The first-order chi connectivity index (χ1) is 10.1. The summed E-state index contributed by atoms with van der Waals surface area (Å²) in [5, 5.41) is 3.05. The maximum absolute atomic E-state index is 12.1. The molecular formula is C14H20N2O3S2. The van der Waals surface area contributed by atoms with E-state index in [-0.39, 0.29) is 18.0 Å². The van der Waals surface area contributed by atoms with E-state index < -0.39 is 0 Å².